The minimum atomic E-state index is -0.414. The molecule has 0 aliphatic heterocycles. The van der Waals surface area contributed by atoms with Gasteiger partial charge in [-0.05, 0) is 11.6 Å². The first kappa shape index (κ1) is 14.0. The van der Waals surface area contributed by atoms with Gasteiger partial charge >= 0.3 is 0 Å². The molecule has 2 aromatic carbocycles. The first-order valence-corrected chi connectivity index (χ1v) is 6.89. The summed E-state index contributed by atoms with van der Waals surface area (Å²) in [5.74, 6) is 4.70. The summed E-state index contributed by atoms with van der Waals surface area (Å²) in [5, 5.41) is 0.701. The number of fused-ring (bicyclic) bond motifs is 1. The Morgan fingerprint density at radius 2 is 1.68 bits per heavy atom. The molecule has 0 atom stereocenters. The third-order valence-corrected chi connectivity index (χ3v) is 3.55. The highest BCUT2D eigenvalue weighted by molar-refractivity contribution is 6.09. The minimum Gasteiger partial charge on any atom is -0.290 e. The molecule has 0 spiro atoms. The van der Waals surface area contributed by atoms with Crippen molar-refractivity contribution in [3.05, 3.63) is 71.9 Å². The zero-order valence-electron chi connectivity index (χ0n) is 11.8. The van der Waals surface area contributed by atoms with Crippen LogP contribution in [0.25, 0.3) is 10.9 Å². The van der Waals surface area contributed by atoms with Gasteiger partial charge in [-0.3, -0.25) is 19.6 Å². The second-order valence-electron chi connectivity index (χ2n) is 4.96. The summed E-state index contributed by atoms with van der Waals surface area (Å²) in [6, 6.07) is 16.8. The van der Waals surface area contributed by atoms with Crippen molar-refractivity contribution in [2.75, 3.05) is 0 Å². The van der Waals surface area contributed by atoms with Gasteiger partial charge in [-0.2, -0.15) is 0 Å². The summed E-state index contributed by atoms with van der Waals surface area (Å²) in [6.45, 7) is 0. The van der Waals surface area contributed by atoms with Crippen LogP contribution in [-0.2, 0) is 6.42 Å². The lowest BCUT2D eigenvalue weighted by atomic mass is 10.1. The molecule has 0 bridgehead atoms. The molecule has 3 N–H and O–H groups in total. The quantitative estimate of drug-likeness (QED) is 0.441. The SMILES string of the molecule is NNC(=O)c1cn(C(=O)Cc2ccccc2)c2ccccc12. The van der Waals surface area contributed by atoms with Gasteiger partial charge in [0.2, 0.25) is 5.91 Å². The van der Waals surface area contributed by atoms with Gasteiger partial charge in [0, 0.05) is 11.6 Å². The number of nitrogens with two attached hydrogens (primary N) is 1. The molecular weight excluding hydrogens is 278 g/mol. The predicted octanol–water partition coefficient (Wildman–Crippen LogP) is 2.13. The van der Waals surface area contributed by atoms with Gasteiger partial charge < -0.3 is 0 Å². The molecule has 110 valence electrons. The molecule has 0 saturated carbocycles. The highest BCUT2D eigenvalue weighted by atomic mass is 16.2. The zero-order chi connectivity index (χ0) is 15.5. The molecule has 3 rings (SSSR count). The average Bonchev–Trinajstić information content (AvgIpc) is 2.95. The first-order chi connectivity index (χ1) is 10.7. The van der Waals surface area contributed by atoms with Crippen molar-refractivity contribution in [2.24, 2.45) is 5.84 Å². The Morgan fingerprint density at radius 3 is 2.41 bits per heavy atom. The van der Waals surface area contributed by atoms with Gasteiger partial charge in [0.05, 0.1) is 17.5 Å². The monoisotopic (exact) mass is 293 g/mol. The maximum atomic E-state index is 12.6. The molecule has 5 nitrogen and oxygen atoms in total. The van der Waals surface area contributed by atoms with Crippen molar-refractivity contribution >= 4 is 22.7 Å². The van der Waals surface area contributed by atoms with E-state index in [1.54, 1.807) is 6.07 Å². The number of aromatic nitrogens is 1. The number of para-hydroxylation sites is 1. The molecule has 3 aromatic rings. The highest BCUT2D eigenvalue weighted by Gasteiger charge is 2.17. The van der Waals surface area contributed by atoms with Gasteiger partial charge in [0.25, 0.3) is 5.91 Å². The molecule has 22 heavy (non-hydrogen) atoms. The Bertz CT molecular complexity index is 837. The number of carbonyl (C=O) groups excluding carboxylic acids is 2. The summed E-state index contributed by atoms with van der Waals surface area (Å²) in [6.07, 6.45) is 1.81. The maximum absolute atomic E-state index is 12.6. The molecular formula is C17H15N3O2. The fourth-order valence-corrected chi connectivity index (χ4v) is 2.50. The number of hydrogen-bond acceptors (Lipinski definition) is 3. The van der Waals surface area contributed by atoms with Crippen LogP contribution in [0.5, 0.6) is 0 Å². The molecule has 0 aliphatic rings. The van der Waals surface area contributed by atoms with E-state index in [4.69, 9.17) is 5.84 Å². The topological polar surface area (TPSA) is 77.1 Å². The zero-order valence-corrected chi connectivity index (χ0v) is 11.8. The largest absolute Gasteiger partial charge is 0.290 e. The standard InChI is InChI=1S/C17H15N3O2/c18-19-17(22)14-11-20(15-9-5-4-8-13(14)15)16(21)10-12-6-2-1-3-7-12/h1-9,11H,10,18H2,(H,19,22). The van der Waals surface area contributed by atoms with Crippen LogP contribution in [0.15, 0.2) is 60.8 Å². The van der Waals surface area contributed by atoms with E-state index in [2.05, 4.69) is 5.43 Å². The van der Waals surface area contributed by atoms with Crippen molar-refractivity contribution in [2.45, 2.75) is 6.42 Å². The van der Waals surface area contributed by atoms with E-state index >= 15 is 0 Å². The number of hydrazine groups is 1. The number of nitrogen functional groups attached to an aromatic ring is 1. The fourth-order valence-electron chi connectivity index (χ4n) is 2.50. The predicted molar refractivity (Wildman–Crippen MR) is 84.4 cm³/mol. The lowest BCUT2D eigenvalue weighted by molar-refractivity contribution is 0.0919. The van der Waals surface area contributed by atoms with E-state index in [0.29, 0.717) is 16.5 Å². The van der Waals surface area contributed by atoms with Crippen LogP contribution in [0, 0.1) is 0 Å². The third-order valence-electron chi connectivity index (χ3n) is 3.55. The number of carbonyl (C=O) groups is 2. The Kier molecular flexibility index (Phi) is 3.72. The summed E-state index contributed by atoms with van der Waals surface area (Å²) in [7, 11) is 0. The minimum absolute atomic E-state index is 0.0986. The summed E-state index contributed by atoms with van der Waals surface area (Å²) >= 11 is 0. The first-order valence-electron chi connectivity index (χ1n) is 6.89. The second kappa shape index (κ2) is 5.83. The second-order valence-corrected chi connectivity index (χ2v) is 4.96. The van der Waals surface area contributed by atoms with Crippen molar-refractivity contribution in [1.29, 1.82) is 0 Å². The average molecular weight is 293 g/mol. The van der Waals surface area contributed by atoms with E-state index in [9.17, 15) is 9.59 Å². The lowest BCUT2D eigenvalue weighted by Gasteiger charge is -2.04. The Morgan fingerprint density at radius 1 is 1.00 bits per heavy atom. The summed E-state index contributed by atoms with van der Waals surface area (Å²) in [4.78, 5) is 24.4. The molecule has 0 aliphatic carbocycles. The summed E-state index contributed by atoms with van der Waals surface area (Å²) in [5.41, 5.74) is 4.12. The van der Waals surface area contributed by atoms with Crippen LogP contribution in [-0.4, -0.2) is 16.4 Å². The number of benzene rings is 2. The van der Waals surface area contributed by atoms with Crippen molar-refractivity contribution < 1.29 is 9.59 Å². The molecule has 1 aromatic heterocycles. The Hall–Kier alpha value is -2.92. The van der Waals surface area contributed by atoms with E-state index in [1.807, 2.05) is 48.5 Å². The van der Waals surface area contributed by atoms with Gasteiger partial charge in [-0.25, -0.2) is 5.84 Å². The van der Waals surface area contributed by atoms with Gasteiger partial charge in [-0.1, -0.05) is 48.5 Å². The molecule has 0 radical (unpaired) electrons. The van der Waals surface area contributed by atoms with Crippen molar-refractivity contribution in [3.8, 4) is 0 Å². The van der Waals surface area contributed by atoms with E-state index in [1.165, 1.54) is 10.8 Å². The van der Waals surface area contributed by atoms with E-state index < -0.39 is 5.91 Å². The van der Waals surface area contributed by atoms with E-state index in [0.717, 1.165) is 5.56 Å². The van der Waals surface area contributed by atoms with Crippen LogP contribution < -0.4 is 11.3 Å². The van der Waals surface area contributed by atoms with Crippen LogP contribution in [0.2, 0.25) is 0 Å². The third kappa shape index (κ3) is 2.49. The molecule has 1 heterocycles. The molecule has 1 amide bonds. The number of nitrogens with one attached hydrogen (secondary N) is 1. The molecule has 5 heteroatoms. The molecule has 0 saturated heterocycles. The lowest BCUT2D eigenvalue weighted by Crippen LogP contribution is -2.29. The van der Waals surface area contributed by atoms with Gasteiger partial charge in [-0.15, -0.1) is 0 Å². The van der Waals surface area contributed by atoms with Gasteiger partial charge in [0.1, 0.15) is 0 Å². The van der Waals surface area contributed by atoms with Gasteiger partial charge in [0.15, 0.2) is 0 Å². The Balaban J connectivity index is 2.03. The smallest absolute Gasteiger partial charge is 0.267 e. The summed E-state index contributed by atoms with van der Waals surface area (Å²) < 4.78 is 1.51. The van der Waals surface area contributed by atoms with Crippen LogP contribution in [0.3, 0.4) is 0 Å². The number of rotatable bonds is 3. The number of amides is 1. The molecule has 0 fully saturated rings. The number of nitrogens with zero attached hydrogens (tertiary/aromatic N) is 1. The van der Waals surface area contributed by atoms with E-state index in [-0.39, 0.29) is 12.3 Å². The maximum Gasteiger partial charge on any atom is 0.267 e. The number of hydrogen-bond donors (Lipinski definition) is 2. The van der Waals surface area contributed by atoms with Crippen molar-refractivity contribution in [1.82, 2.24) is 9.99 Å². The highest BCUT2D eigenvalue weighted by Crippen LogP contribution is 2.21. The molecule has 0 unspecified atom stereocenters. The van der Waals surface area contributed by atoms with Crippen LogP contribution in [0.4, 0.5) is 0 Å². The van der Waals surface area contributed by atoms with Crippen molar-refractivity contribution in [3.63, 3.8) is 0 Å². The fraction of sp³-hybridized carbons (Fsp3) is 0.0588. The van der Waals surface area contributed by atoms with Crippen LogP contribution in [0.1, 0.15) is 20.7 Å². The van der Waals surface area contributed by atoms with Crippen LogP contribution >= 0.6 is 0 Å². The Labute approximate surface area is 127 Å². The normalized spacial score (nSPS) is 10.6.